The van der Waals surface area contributed by atoms with Gasteiger partial charge in [0.2, 0.25) is 10.0 Å². The van der Waals surface area contributed by atoms with E-state index < -0.39 is 10.0 Å². The van der Waals surface area contributed by atoms with Crippen molar-refractivity contribution >= 4 is 10.0 Å². The van der Waals surface area contributed by atoms with E-state index in [0.29, 0.717) is 4.90 Å². The van der Waals surface area contributed by atoms with Crippen LogP contribution in [-0.4, -0.2) is 38.9 Å². The molecule has 1 N–H and O–H groups in total. The monoisotopic (exact) mass is 310 g/mol. The molecule has 0 radical (unpaired) electrons. The Hall–Kier alpha value is -0.910. The number of hydrogen-bond acceptors (Lipinski definition) is 3. The fraction of sp³-hybridized carbons (Fsp3) is 0.625. The highest BCUT2D eigenvalue weighted by molar-refractivity contribution is 7.89. The molecule has 0 spiro atoms. The summed E-state index contributed by atoms with van der Waals surface area (Å²) in [7, 11) is -1.68. The molecule has 1 aliphatic heterocycles. The van der Waals surface area contributed by atoms with E-state index in [0.717, 1.165) is 44.3 Å². The third kappa shape index (κ3) is 3.47. The van der Waals surface area contributed by atoms with Crippen LogP contribution >= 0.6 is 0 Å². The average Bonchev–Trinajstić information content (AvgIpc) is 2.54. The fourth-order valence-electron chi connectivity index (χ4n) is 2.97. The summed E-state index contributed by atoms with van der Waals surface area (Å²) in [6, 6.07) is 5.67. The molecule has 1 fully saturated rings. The highest BCUT2D eigenvalue weighted by atomic mass is 32.2. The number of sulfonamides is 1. The topological polar surface area (TPSA) is 49.4 Å². The largest absolute Gasteiger partial charge is 0.317 e. The first kappa shape index (κ1) is 16.5. The summed E-state index contributed by atoms with van der Waals surface area (Å²) in [5.41, 5.74) is 2.37. The standard InChI is InChI=1S/C16H26N2O2S/c1-4-13-6-7-16(12-14(13)5-2)21(19,20)18(3)15-8-10-17-11-9-15/h6-7,12,15,17H,4-5,8-11H2,1-3H3. The highest BCUT2D eigenvalue weighted by Gasteiger charge is 2.29. The van der Waals surface area contributed by atoms with E-state index in [2.05, 4.69) is 19.2 Å². The number of hydrogen-bond donors (Lipinski definition) is 1. The van der Waals surface area contributed by atoms with Crippen molar-refractivity contribution in [2.24, 2.45) is 0 Å². The molecular weight excluding hydrogens is 284 g/mol. The summed E-state index contributed by atoms with van der Waals surface area (Å²) in [5.74, 6) is 0. The molecule has 5 heteroatoms. The van der Waals surface area contributed by atoms with Gasteiger partial charge in [-0.15, -0.1) is 0 Å². The van der Waals surface area contributed by atoms with Gasteiger partial charge in [0.05, 0.1) is 4.90 Å². The number of nitrogens with one attached hydrogen (secondary N) is 1. The Bertz CT molecular complexity index is 578. The second-order valence-electron chi connectivity index (χ2n) is 5.64. The van der Waals surface area contributed by atoms with Crippen LogP contribution in [0, 0.1) is 0 Å². The minimum absolute atomic E-state index is 0.104. The van der Waals surface area contributed by atoms with Crippen molar-refractivity contribution in [3.63, 3.8) is 0 Å². The van der Waals surface area contributed by atoms with E-state index in [1.807, 2.05) is 12.1 Å². The van der Waals surface area contributed by atoms with Crippen LogP contribution in [0.15, 0.2) is 23.1 Å². The molecular formula is C16H26N2O2S. The lowest BCUT2D eigenvalue weighted by Gasteiger charge is -2.31. The third-order valence-electron chi connectivity index (χ3n) is 4.44. The summed E-state index contributed by atoms with van der Waals surface area (Å²) in [5, 5.41) is 3.27. The SMILES string of the molecule is CCc1ccc(S(=O)(=O)N(C)C2CCNCC2)cc1CC. The van der Waals surface area contributed by atoms with Gasteiger partial charge in [0.25, 0.3) is 0 Å². The zero-order valence-electron chi connectivity index (χ0n) is 13.2. The van der Waals surface area contributed by atoms with Crippen LogP contribution in [0.25, 0.3) is 0 Å². The van der Waals surface area contributed by atoms with Gasteiger partial charge in [-0.05, 0) is 62.0 Å². The molecule has 1 aliphatic rings. The normalized spacial score (nSPS) is 17.3. The van der Waals surface area contributed by atoms with Crippen LogP contribution < -0.4 is 5.32 Å². The van der Waals surface area contributed by atoms with Gasteiger partial charge in [0.15, 0.2) is 0 Å². The second kappa shape index (κ2) is 6.90. The fourth-order valence-corrected chi connectivity index (χ4v) is 4.44. The van der Waals surface area contributed by atoms with Crippen molar-refractivity contribution in [3.8, 4) is 0 Å². The summed E-state index contributed by atoms with van der Waals surface area (Å²) < 4.78 is 27.2. The minimum atomic E-state index is -3.39. The zero-order valence-corrected chi connectivity index (χ0v) is 14.0. The van der Waals surface area contributed by atoms with Crippen molar-refractivity contribution in [2.45, 2.75) is 50.5 Å². The molecule has 0 bridgehead atoms. The lowest BCUT2D eigenvalue weighted by atomic mass is 10.0. The molecule has 1 aromatic rings. The van der Waals surface area contributed by atoms with E-state index in [1.165, 1.54) is 5.56 Å². The number of aryl methyl sites for hydroxylation is 2. The van der Waals surface area contributed by atoms with Gasteiger partial charge in [-0.25, -0.2) is 8.42 Å². The summed E-state index contributed by atoms with van der Waals surface area (Å²) >= 11 is 0. The molecule has 1 heterocycles. The molecule has 0 amide bonds. The molecule has 0 aliphatic carbocycles. The van der Waals surface area contributed by atoms with Gasteiger partial charge in [-0.3, -0.25) is 0 Å². The van der Waals surface area contributed by atoms with E-state index in [1.54, 1.807) is 17.4 Å². The lowest BCUT2D eigenvalue weighted by Crippen LogP contribution is -2.43. The first-order valence-corrected chi connectivity index (χ1v) is 9.25. The second-order valence-corrected chi connectivity index (χ2v) is 7.64. The van der Waals surface area contributed by atoms with Gasteiger partial charge >= 0.3 is 0 Å². The molecule has 4 nitrogen and oxygen atoms in total. The summed E-state index contributed by atoms with van der Waals surface area (Å²) in [6.45, 7) is 5.95. The predicted octanol–water partition coefficient (Wildman–Crippen LogP) is 2.18. The number of nitrogens with zero attached hydrogens (tertiary/aromatic N) is 1. The lowest BCUT2D eigenvalue weighted by molar-refractivity contribution is 0.296. The molecule has 0 unspecified atom stereocenters. The van der Waals surface area contributed by atoms with Gasteiger partial charge in [0, 0.05) is 13.1 Å². The molecule has 0 atom stereocenters. The maximum Gasteiger partial charge on any atom is 0.243 e. The summed E-state index contributed by atoms with van der Waals surface area (Å²) in [4.78, 5) is 0.428. The van der Waals surface area contributed by atoms with Gasteiger partial charge in [-0.2, -0.15) is 4.31 Å². The quantitative estimate of drug-likeness (QED) is 0.907. The average molecular weight is 310 g/mol. The van der Waals surface area contributed by atoms with Crippen LogP contribution in [0.2, 0.25) is 0 Å². The van der Waals surface area contributed by atoms with E-state index in [4.69, 9.17) is 0 Å². The van der Waals surface area contributed by atoms with E-state index >= 15 is 0 Å². The zero-order chi connectivity index (χ0) is 15.5. The maximum absolute atomic E-state index is 12.8. The minimum Gasteiger partial charge on any atom is -0.317 e. The number of piperidine rings is 1. The molecule has 0 aromatic heterocycles. The molecule has 21 heavy (non-hydrogen) atoms. The Labute approximate surface area is 128 Å². The van der Waals surface area contributed by atoms with Crippen molar-refractivity contribution in [2.75, 3.05) is 20.1 Å². The van der Waals surface area contributed by atoms with Crippen molar-refractivity contribution < 1.29 is 8.42 Å². The first-order valence-electron chi connectivity index (χ1n) is 7.81. The van der Waals surface area contributed by atoms with Crippen molar-refractivity contribution in [1.29, 1.82) is 0 Å². The molecule has 118 valence electrons. The van der Waals surface area contributed by atoms with E-state index in [9.17, 15) is 8.42 Å². The summed E-state index contributed by atoms with van der Waals surface area (Å²) in [6.07, 6.45) is 3.56. The highest BCUT2D eigenvalue weighted by Crippen LogP contribution is 2.23. The smallest absolute Gasteiger partial charge is 0.243 e. The van der Waals surface area contributed by atoms with Crippen LogP contribution in [0.3, 0.4) is 0 Å². The molecule has 1 saturated heterocycles. The first-order chi connectivity index (χ1) is 10.0. The van der Waals surface area contributed by atoms with E-state index in [-0.39, 0.29) is 6.04 Å². The molecule has 0 saturated carbocycles. The Balaban J connectivity index is 2.30. The molecule has 1 aromatic carbocycles. The van der Waals surface area contributed by atoms with Crippen LogP contribution in [-0.2, 0) is 22.9 Å². The Morgan fingerprint density at radius 1 is 1.14 bits per heavy atom. The Morgan fingerprint density at radius 2 is 1.76 bits per heavy atom. The Morgan fingerprint density at radius 3 is 2.33 bits per heavy atom. The van der Waals surface area contributed by atoms with Gasteiger partial charge < -0.3 is 5.32 Å². The maximum atomic E-state index is 12.8. The van der Waals surface area contributed by atoms with Gasteiger partial charge in [-0.1, -0.05) is 19.9 Å². The van der Waals surface area contributed by atoms with Crippen LogP contribution in [0.1, 0.15) is 37.8 Å². The third-order valence-corrected chi connectivity index (χ3v) is 6.35. The molecule has 2 rings (SSSR count). The predicted molar refractivity (Wildman–Crippen MR) is 86.0 cm³/mol. The van der Waals surface area contributed by atoms with Crippen molar-refractivity contribution in [3.05, 3.63) is 29.3 Å². The van der Waals surface area contributed by atoms with Crippen LogP contribution in [0.5, 0.6) is 0 Å². The van der Waals surface area contributed by atoms with Crippen LogP contribution in [0.4, 0.5) is 0 Å². The Kier molecular flexibility index (Phi) is 5.41. The number of rotatable bonds is 5. The van der Waals surface area contributed by atoms with Crippen molar-refractivity contribution in [1.82, 2.24) is 9.62 Å². The number of benzene rings is 1. The van der Waals surface area contributed by atoms with Gasteiger partial charge in [0.1, 0.15) is 0 Å².